The van der Waals surface area contributed by atoms with Crippen LogP contribution in [0.25, 0.3) is 0 Å². The van der Waals surface area contributed by atoms with Crippen molar-refractivity contribution >= 4 is 100 Å². The minimum atomic E-state index is -1.83. The SMILES string of the molecule is CN[C@@H](CO)C(=O)N[C@@H](CCCN=C(N)N)C(=O)N[C@@H](CC(C)C)C(=O)N[C@@H](CC(C)C)C(=O)N[C@H](C(=O)N[C@@H](CCCCN)C(=O)N[C@@H](CC(C)C)C(=O)NCC(=O)N[C@@H](CO)C(=O)N[C@H](C(=O)NCC(=O)N1CCC[C@H]1C(=O)N[C@@H](C)C(=O)N[C@@H](CO)C(=O)N[C@@H](CC(C)C)C(=O)N[C@@H](CO)C(N)=O)[C@@H](C)O)[C@@H](C)O. The zero-order valence-corrected chi connectivity index (χ0v) is 66.1. The summed E-state index contributed by atoms with van der Waals surface area (Å²) >= 11 is 0. The number of aliphatic imine (C=N–C) groups is 1. The van der Waals surface area contributed by atoms with Crippen molar-refractivity contribution in [2.45, 2.75) is 244 Å². The number of carbonyl (C=O) groups excluding carboxylic acids is 16. The molecular formula is C69H125N21O22. The van der Waals surface area contributed by atoms with Gasteiger partial charge in [0.05, 0.1) is 51.7 Å². The molecule has 0 aromatic carbocycles. The molecular weight excluding hydrogens is 1470 g/mol. The van der Waals surface area contributed by atoms with Crippen LogP contribution < -0.4 is 103 Å². The maximum Gasteiger partial charge on any atom is 0.245 e. The number of likely N-dealkylation sites (N-methyl/N-ethyl adjacent to an activating group) is 1. The van der Waals surface area contributed by atoms with E-state index in [-0.39, 0.29) is 107 Å². The van der Waals surface area contributed by atoms with Gasteiger partial charge in [-0.1, -0.05) is 55.4 Å². The van der Waals surface area contributed by atoms with Crippen LogP contribution in [0.4, 0.5) is 0 Å². The molecule has 0 aromatic heterocycles. The number of nitrogens with one attached hydrogen (secondary N) is 15. The quantitative estimate of drug-likeness (QED) is 0.0153. The second-order valence-corrected chi connectivity index (χ2v) is 29.2. The number of hydrogen-bond donors (Lipinski definition) is 25. The predicted molar refractivity (Wildman–Crippen MR) is 404 cm³/mol. The molecule has 29 N–H and O–H groups in total. The first-order valence-electron chi connectivity index (χ1n) is 37.5. The molecule has 1 heterocycles. The van der Waals surface area contributed by atoms with Crippen LogP contribution in [-0.4, -0.2) is 299 Å². The Bertz CT molecular complexity index is 3150. The van der Waals surface area contributed by atoms with Crippen molar-refractivity contribution in [3.05, 3.63) is 0 Å². The number of carbonyl (C=O) groups is 16. The van der Waals surface area contributed by atoms with Crippen LogP contribution in [-0.2, 0) is 76.7 Å². The number of likely N-dealkylation sites (tertiary alicyclic amines) is 1. The van der Waals surface area contributed by atoms with Crippen molar-refractivity contribution in [2.24, 2.45) is 51.6 Å². The lowest BCUT2D eigenvalue weighted by atomic mass is 9.99. The van der Waals surface area contributed by atoms with E-state index >= 15 is 0 Å². The molecule has 1 saturated heterocycles. The van der Waals surface area contributed by atoms with Gasteiger partial charge >= 0.3 is 0 Å². The Morgan fingerprint density at radius 1 is 0.411 bits per heavy atom. The van der Waals surface area contributed by atoms with Gasteiger partial charge in [0, 0.05) is 13.1 Å². The molecule has 43 heteroatoms. The number of amides is 16. The Kier molecular flexibility index (Phi) is 46.6. The molecule has 1 fully saturated rings. The zero-order chi connectivity index (χ0) is 85.4. The van der Waals surface area contributed by atoms with E-state index in [2.05, 4.69) is 84.7 Å². The van der Waals surface area contributed by atoms with E-state index in [0.29, 0.717) is 12.8 Å². The van der Waals surface area contributed by atoms with E-state index in [1.807, 2.05) is 0 Å². The zero-order valence-electron chi connectivity index (χ0n) is 66.1. The van der Waals surface area contributed by atoms with Gasteiger partial charge in [-0.3, -0.25) is 81.7 Å². The van der Waals surface area contributed by atoms with Crippen LogP contribution in [0.3, 0.4) is 0 Å². The van der Waals surface area contributed by atoms with Gasteiger partial charge in [0.15, 0.2) is 5.96 Å². The third-order valence-electron chi connectivity index (χ3n) is 17.4. The minimum absolute atomic E-state index is 0.000482. The van der Waals surface area contributed by atoms with Crippen molar-refractivity contribution in [1.82, 2.24) is 84.7 Å². The first kappa shape index (κ1) is 100. The highest BCUT2D eigenvalue weighted by Gasteiger charge is 2.40. The molecule has 0 radical (unpaired) electrons. The number of nitrogens with zero attached hydrogens (tertiary/aromatic N) is 2. The lowest BCUT2D eigenvalue weighted by molar-refractivity contribution is -0.140. The minimum Gasteiger partial charge on any atom is -0.394 e. The largest absolute Gasteiger partial charge is 0.394 e. The summed E-state index contributed by atoms with van der Waals surface area (Å²) in [5.41, 5.74) is 21.9. The van der Waals surface area contributed by atoms with E-state index in [0.717, 1.165) is 11.8 Å². The number of unbranched alkanes of at least 4 members (excludes halogenated alkanes) is 1. The van der Waals surface area contributed by atoms with Gasteiger partial charge in [-0.25, -0.2) is 0 Å². The fraction of sp³-hybridized carbons (Fsp3) is 0.754. The van der Waals surface area contributed by atoms with E-state index < -0.39 is 231 Å². The summed E-state index contributed by atoms with van der Waals surface area (Å²) in [5.74, 6) is -16.4. The number of primary amides is 1. The standard InChI is InChI=1S/C69H125N21O22/c1-33(2)23-42(82-58(102)40(17-13-14-20-70)81-68(112)54(39(11)96)89-62(106)45(26-36(7)8)84-60(104)43(24-34(3)4)83-59(103)41(18-15-21-75-69(72)73)80-63(107)47(30-92)74-12)57(101)76-27-51(97)79-48(31-93)65(109)88-53(38(10)95)67(111)77-28-52(98)90-22-16-19-50(90)66(110)78-37(9)56(100)87-49(32-94)64(108)85-44(25-35(5)6)61(105)86-46(29-91)55(71)99/h33-50,53-54,74,91-96H,13-32,70H2,1-12H3,(H2,71,99)(H,76,101)(H,77,111)(H,78,110)(H,79,97)(H,80,107)(H,81,112)(H,82,102)(H,83,103)(H,84,104)(H,85,108)(H,86,105)(H,87,100)(H,88,109)(H,89,106)(H4,72,73,75)/t37-,38+,39+,40-,41-,42-,43-,44-,45-,46-,47-,48-,49-,50-,53-,54-/m0/s1. The molecule has 1 aliphatic heterocycles. The third kappa shape index (κ3) is 36.7. The Hall–Kier alpha value is -9.53. The Balaban J connectivity index is 3.21. The van der Waals surface area contributed by atoms with Gasteiger partial charge in [0.1, 0.15) is 84.6 Å². The monoisotopic (exact) mass is 1600 g/mol. The van der Waals surface area contributed by atoms with Crippen molar-refractivity contribution in [3.63, 3.8) is 0 Å². The molecule has 1 aliphatic rings. The number of hydrogen-bond acceptors (Lipinski definition) is 25. The fourth-order valence-corrected chi connectivity index (χ4v) is 11.4. The number of aliphatic hydroxyl groups is 6. The van der Waals surface area contributed by atoms with Crippen molar-refractivity contribution in [2.75, 3.05) is 66.2 Å². The predicted octanol–water partition coefficient (Wildman–Crippen LogP) is -10.8. The average molecular weight is 1600 g/mol. The highest BCUT2D eigenvalue weighted by Crippen LogP contribution is 2.19. The average Bonchev–Trinajstić information content (AvgIpc) is 1.48. The molecule has 1 rings (SSSR count). The molecule has 43 nitrogen and oxygen atoms in total. The highest BCUT2D eigenvalue weighted by atomic mass is 16.3. The van der Waals surface area contributed by atoms with Gasteiger partial charge in [0.25, 0.3) is 0 Å². The van der Waals surface area contributed by atoms with Crippen LogP contribution >= 0.6 is 0 Å². The van der Waals surface area contributed by atoms with Crippen molar-refractivity contribution < 1.29 is 107 Å². The van der Waals surface area contributed by atoms with Gasteiger partial charge in [0.2, 0.25) is 94.5 Å². The lowest BCUT2D eigenvalue weighted by Gasteiger charge is -2.29. The molecule has 112 heavy (non-hydrogen) atoms. The summed E-state index contributed by atoms with van der Waals surface area (Å²) in [6, 6.07) is -20.3. The molecule has 0 bridgehead atoms. The van der Waals surface area contributed by atoms with Crippen LogP contribution in [0.15, 0.2) is 4.99 Å². The fourth-order valence-electron chi connectivity index (χ4n) is 11.4. The Morgan fingerprint density at radius 2 is 0.777 bits per heavy atom. The summed E-state index contributed by atoms with van der Waals surface area (Å²) in [7, 11) is 1.43. The van der Waals surface area contributed by atoms with Gasteiger partial charge in [-0.05, 0) is 129 Å². The van der Waals surface area contributed by atoms with Crippen LogP contribution in [0.2, 0.25) is 0 Å². The summed E-state index contributed by atoms with van der Waals surface area (Å²) in [5, 5.41) is 97.4. The Morgan fingerprint density at radius 3 is 1.21 bits per heavy atom. The second-order valence-electron chi connectivity index (χ2n) is 29.2. The first-order chi connectivity index (χ1) is 52.5. The molecule has 0 unspecified atom stereocenters. The number of nitrogens with two attached hydrogens (primary N) is 4. The summed E-state index contributed by atoms with van der Waals surface area (Å²) in [4.78, 5) is 221. The van der Waals surface area contributed by atoms with Crippen LogP contribution in [0.1, 0.15) is 147 Å². The van der Waals surface area contributed by atoms with E-state index in [9.17, 15) is 107 Å². The normalized spacial score (nSPS) is 16.7. The third-order valence-corrected chi connectivity index (χ3v) is 17.4. The van der Waals surface area contributed by atoms with E-state index in [1.165, 1.54) is 20.9 Å². The van der Waals surface area contributed by atoms with E-state index in [1.54, 1.807) is 55.4 Å². The lowest BCUT2D eigenvalue weighted by Crippen LogP contribution is -2.62. The van der Waals surface area contributed by atoms with Gasteiger partial charge in [-0.15, -0.1) is 0 Å². The summed E-state index contributed by atoms with van der Waals surface area (Å²) in [6.07, 6.45) is -2.21. The van der Waals surface area contributed by atoms with Crippen LogP contribution in [0.5, 0.6) is 0 Å². The van der Waals surface area contributed by atoms with Gasteiger partial charge in [-0.2, -0.15) is 0 Å². The molecule has 0 saturated carbocycles. The number of aliphatic hydroxyl groups excluding tert-OH is 6. The number of rotatable bonds is 53. The second kappa shape index (κ2) is 51.9. The number of guanidine groups is 1. The first-order valence-corrected chi connectivity index (χ1v) is 37.5. The maximum absolute atomic E-state index is 14.2. The molecule has 16 atom stereocenters. The maximum atomic E-state index is 14.2. The van der Waals surface area contributed by atoms with Gasteiger partial charge < -0.3 is 138 Å². The molecule has 638 valence electrons. The van der Waals surface area contributed by atoms with Crippen molar-refractivity contribution in [3.8, 4) is 0 Å². The summed E-state index contributed by atoms with van der Waals surface area (Å²) < 4.78 is 0. The Labute approximate surface area is 651 Å². The summed E-state index contributed by atoms with van der Waals surface area (Å²) in [6.45, 7) is 12.5. The molecule has 0 spiro atoms. The smallest absolute Gasteiger partial charge is 0.245 e. The molecule has 16 amide bonds. The molecule has 0 aromatic rings. The van der Waals surface area contributed by atoms with E-state index in [4.69, 9.17) is 22.9 Å². The highest BCUT2D eigenvalue weighted by molar-refractivity contribution is 6.00. The topological polar surface area (TPSA) is 695 Å². The van der Waals surface area contributed by atoms with Crippen LogP contribution in [0, 0.1) is 23.7 Å². The van der Waals surface area contributed by atoms with Crippen molar-refractivity contribution in [1.29, 1.82) is 0 Å². The molecule has 0 aliphatic carbocycles.